The number of aromatic nitrogens is 1. The molecule has 0 N–H and O–H groups in total. The van der Waals surface area contributed by atoms with Crippen molar-refractivity contribution in [2.45, 2.75) is 6.92 Å². The second-order valence-corrected chi connectivity index (χ2v) is 3.59. The van der Waals surface area contributed by atoms with Crippen LogP contribution in [0.3, 0.4) is 0 Å². The summed E-state index contributed by atoms with van der Waals surface area (Å²) in [6.07, 6.45) is 1.70. The molecule has 0 aliphatic heterocycles. The molecule has 0 bridgehead atoms. The molecular weight excluding hydrogens is 225 g/mol. The zero-order valence-electron chi connectivity index (χ0n) is 6.06. The summed E-state index contributed by atoms with van der Waals surface area (Å²) in [4.78, 5) is 4.10. The van der Waals surface area contributed by atoms with Gasteiger partial charge in [-0.2, -0.15) is 0 Å². The monoisotopic (exact) mass is 231 g/mol. The highest BCUT2D eigenvalue weighted by atomic mass is 79.9. The molecule has 0 saturated carbocycles. The van der Waals surface area contributed by atoms with Crippen molar-refractivity contribution < 1.29 is 0 Å². The van der Waals surface area contributed by atoms with E-state index in [0.29, 0.717) is 5.02 Å². The summed E-state index contributed by atoms with van der Waals surface area (Å²) in [5.74, 6) is 0. The maximum absolute atomic E-state index is 5.87. The van der Waals surface area contributed by atoms with Crippen molar-refractivity contribution >= 4 is 33.1 Å². The van der Waals surface area contributed by atoms with Crippen LogP contribution in [-0.2, 0) is 0 Å². The summed E-state index contributed by atoms with van der Waals surface area (Å²) >= 11 is 9.14. The van der Waals surface area contributed by atoms with Gasteiger partial charge in [0.25, 0.3) is 0 Å². The molecule has 0 aliphatic rings. The normalized spacial score (nSPS) is 9.73. The largest absolute Gasteiger partial charge is 0.254 e. The van der Waals surface area contributed by atoms with E-state index in [1.165, 1.54) is 0 Å². The van der Waals surface area contributed by atoms with Crippen molar-refractivity contribution in [1.29, 1.82) is 0 Å². The molecule has 1 aromatic heterocycles. The molecule has 0 amide bonds. The zero-order chi connectivity index (χ0) is 8.43. The first kappa shape index (κ1) is 8.75. The Balaban J connectivity index is 3.20. The Morgan fingerprint density at radius 1 is 1.73 bits per heavy atom. The molecule has 0 fully saturated rings. The van der Waals surface area contributed by atoms with Crippen LogP contribution >= 0.6 is 27.5 Å². The van der Waals surface area contributed by atoms with Gasteiger partial charge in [0.2, 0.25) is 0 Å². The van der Waals surface area contributed by atoms with Gasteiger partial charge in [-0.15, -0.1) is 0 Å². The van der Waals surface area contributed by atoms with Gasteiger partial charge in [0.1, 0.15) is 0 Å². The Bertz CT molecular complexity index is 296. The fourth-order valence-electron chi connectivity index (χ4n) is 0.729. The van der Waals surface area contributed by atoms with Crippen LogP contribution in [0.25, 0.3) is 5.57 Å². The lowest BCUT2D eigenvalue weighted by Gasteiger charge is -2.00. The molecule has 0 atom stereocenters. The standard InChI is InChI=1S/C8H7BrClN/c1-5(2)8-7(10)3-6(9)4-11-8/h3-4H,1H2,2H3. The zero-order valence-corrected chi connectivity index (χ0v) is 8.41. The summed E-state index contributed by atoms with van der Waals surface area (Å²) in [6, 6.07) is 1.80. The number of nitrogens with zero attached hydrogens (tertiary/aromatic N) is 1. The van der Waals surface area contributed by atoms with Gasteiger partial charge in [-0.1, -0.05) is 18.2 Å². The van der Waals surface area contributed by atoms with Gasteiger partial charge in [-0.3, -0.25) is 4.98 Å². The van der Waals surface area contributed by atoms with Crippen LogP contribution in [0.2, 0.25) is 5.02 Å². The van der Waals surface area contributed by atoms with Gasteiger partial charge in [0, 0.05) is 10.7 Å². The van der Waals surface area contributed by atoms with Gasteiger partial charge in [0.15, 0.2) is 0 Å². The van der Waals surface area contributed by atoms with Crippen molar-refractivity contribution in [3.63, 3.8) is 0 Å². The van der Waals surface area contributed by atoms with E-state index in [9.17, 15) is 0 Å². The van der Waals surface area contributed by atoms with Gasteiger partial charge < -0.3 is 0 Å². The molecule has 1 rings (SSSR count). The molecule has 3 heteroatoms. The lowest BCUT2D eigenvalue weighted by atomic mass is 10.2. The van der Waals surface area contributed by atoms with Crippen LogP contribution in [0, 0.1) is 0 Å². The van der Waals surface area contributed by atoms with Gasteiger partial charge >= 0.3 is 0 Å². The number of hydrogen-bond donors (Lipinski definition) is 0. The molecule has 11 heavy (non-hydrogen) atoms. The Morgan fingerprint density at radius 2 is 2.36 bits per heavy atom. The van der Waals surface area contributed by atoms with Crippen molar-refractivity contribution in [3.8, 4) is 0 Å². The fourth-order valence-corrected chi connectivity index (χ4v) is 1.52. The Labute approximate surface area is 79.2 Å². The third kappa shape index (κ3) is 2.04. The van der Waals surface area contributed by atoms with Gasteiger partial charge in [0.05, 0.1) is 10.7 Å². The summed E-state index contributed by atoms with van der Waals surface area (Å²) in [5.41, 5.74) is 1.64. The first-order valence-corrected chi connectivity index (χ1v) is 4.25. The van der Waals surface area contributed by atoms with Gasteiger partial charge in [-0.05, 0) is 34.5 Å². The number of rotatable bonds is 1. The highest BCUT2D eigenvalue weighted by molar-refractivity contribution is 9.10. The Morgan fingerprint density at radius 3 is 2.82 bits per heavy atom. The van der Waals surface area contributed by atoms with Crippen LogP contribution < -0.4 is 0 Å². The van der Waals surface area contributed by atoms with E-state index in [1.807, 2.05) is 6.92 Å². The second-order valence-electron chi connectivity index (χ2n) is 2.26. The molecule has 0 aliphatic carbocycles. The number of allylic oxidation sites excluding steroid dienone is 1. The first-order chi connectivity index (χ1) is 5.11. The quantitative estimate of drug-likeness (QED) is 0.722. The number of pyridine rings is 1. The summed E-state index contributed by atoms with van der Waals surface area (Å²) in [5, 5.41) is 0.631. The predicted molar refractivity (Wildman–Crippen MR) is 51.7 cm³/mol. The predicted octanol–water partition coefficient (Wildman–Crippen LogP) is 3.53. The summed E-state index contributed by atoms with van der Waals surface area (Å²) in [6.45, 7) is 5.63. The molecule has 1 aromatic rings. The van der Waals surface area contributed by atoms with Crippen LogP contribution in [0.5, 0.6) is 0 Å². The smallest absolute Gasteiger partial charge is 0.0839 e. The minimum atomic E-state index is 0.631. The van der Waals surface area contributed by atoms with Crippen molar-refractivity contribution in [1.82, 2.24) is 4.98 Å². The second kappa shape index (κ2) is 3.37. The molecule has 0 saturated heterocycles. The van der Waals surface area contributed by atoms with E-state index in [2.05, 4.69) is 27.5 Å². The molecular formula is C8H7BrClN. The van der Waals surface area contributed by atoms with E-state index in [-0.39, 0.29) is 0 Å². The maximum atomic E-state index is 5.87. The molecule has 0 radical (unpaired) electrons. The average molecular weight is 233 g/mol. The van der Waals surface area contributed by atoms with E-state index in [1.54, 1.807) is 12.3 Å². The van der Waals surface area contributed by atoms with Crippen LogP contribution in [0.1, 0.15) is 12.6 Å². The molecule has 0 aromatic carbocycles. The number of hydrogen-bond acceptors (Lipinski definition) is 1. The maximum Gasteiger partial charge on any atom is 0.0839 e. The van der Waals surface area contributed by atoms with Gasteiger partial charge in [-0.25, -0.2) is 0 Å². The Kier molecular flexibility index (Phi) is 2.68. The van der Waals surface area contributed by atoms with E-state index < -0.39 is 0 Å². The Hall–Kier alpha value is -0.340. The molecule has 0 unspecified atom stereocenters. The molecule has 58 valence electrons. The van der Waals surface area contributed by atoms with Crippen molar-refractivity contribution in [2.24, 2.45) is 0 Å². The molecule has 1 nitrogen and oxygen atoms in total. The average Bonchev–Trinajstić information content (AvgIpc) is 1.85. The minimum Gasteiger partial charge on any atom is -0.254 e. The van der Waals surface area contributed by atoms with Crippen LogP contribution in [-0.4, -0.2) is 4.98 Å². The third-order valence-corrected chi connectivity index (χ3v) is 1.93. The fraction of sp³-hybridized carbons (Fsp3) is 0.125. The highest BCUT2D eigenvalue weighted by Crippen LogP contribution is 2.23. The SMILES string of the molecule is C=C(C)c1ncc(Br)cc1Cl. The van der Waals surface area contributed by atoms with E-state index >= 15 is 0 Å². The van der Waals surface area contributed by atoms with Crippen molar-refractivity contribution in [2.75, 3.05) is 0 Å². The highest BCUT2D eigenvalue weighted by Gasteiger charge is 2.01. The lowest BCUT2D eigenvalue weighted by Crippen LogP contribution is -1.85. The van der Waals surface area contributed by atoms with Crippen LogP contribution in [0.4, 0.5) is 0 Å². The van der Waals surface area contributed by atoms with Crippen molar-refractivity contribution in [3.05, 3.63) is 34.0 Å². The van der Waals surface area contributed by atoms with Crippen LogP contribution in [0.15, 0.2) is 23.3 Å². The molecule has 1 heterocycles. The first-order valence-electron chi connectivity index (χ1n) is 3.08. The molecule has 0 spiro atoms. The lowest BCUT2D eigenvalue weighted by molar-refractivity contribution is 1.25. The van der Waals surface area contributed by atoms with E-state index in [0.717, 1.165) is 15.7 Å². The summed E-state index contributed by atoms with van der Waals surface area (Å²) < 4.78 is 0.882. The summed E-state index contributed by atoms with van der Waals surface area (Å²) in [7, 11) is 0. The minimum absolute atomic E-state index is 0.631. The third-order valence-electron chi connectivity index (χ3n) is 1.21. The van der Waals surface area contributed by atoms with E-state index in [4.69, 9.17) is 11.6 Å². The topological polar surface area (TPSA) is 12.9 Å². The number of halogens is 2.